The highest BCUT2D eigenvalue weighted by Crippen LogP contribution is 2.28. The van der Waals surface area contributed by atoms with Crippen LogP contribution in [0.3, 0.4) is 0 Å². The maximum atomic E-state index is 13.8. The minimum atomic E-state index is -0.920. The van der Waals surface area contributed by atoms with Crippen molar-refractivity contribution >= 4 is 23.1 Å². The molecule has 1 N–H and O–H groups in total. The molecule has 2 aromatic heterocycles. The van der Waals surface area contributed by atoms with Gasteiger partial charge in [0, 0.05) is 17.6 Å². The Hall–Kier alpha value is -2.87. The minimum Gasteiger partial charge on any atom is -0.466 e. The quantitative estimate of drug-likeness (QED) is 0.377. The fourth-order valence-electron chi connectivity index (χ4n) is 4.23. The average Bonchev–Trinajstić information content (AvgIpc) is 3.27. The number of benzene rings is 1. The molecule has 0 saturated carbocycles. The predicted octanol–water partition coefficient (Wildman–Crippen LogP) is 5.63. The second-order valence-electron chi connectivity index (χ2n) is 8.51. The summed E-state index contributed by atoms with van der Waals surface area (Å²) in [6, 6.07) is 8.07. The van der Waals surface area contributed by atoms with Gasteiger partial charge in [-0.05, 0) is 80.7 Å². The molecule has 5 nitrogen and oxygen atoms in total. The molecule has 180 valence electrons. The lowest BCUT2D eigenvalue weighted by Crippen LogP contribution is -2.14. The summed E-state index contributed by atoms with van der Waals surface area (Å²) in [5.74, 6) is -1.50. The first-order valence-corrected chi connectivity index (χ1v) is 12.7. The molecule has 1 aromatic carbocycles. The Kier molecular flexibility index (Phi) is 8.21. The summed E-state index contributed by atoms with van der Waals surface area (Å²) in [5.41, 5.74) is 3.78. The number of hydrogen-bond donors (Lipinski definition) is 1. The zero-order valence-electron chi connectivity index (χ0n) is 19.3. The maximum absolute atomic E-state index is 13.8. The number of halogens is 2. The van der Waals surface area contributed by atoms with E-state index in [1.807, 2.05) is 5.38 Å². The zero-order chi connectivity index (χ0) is 23.9. The number of rotatable bonds is 10. The van der Waals surface area contributed by atoms with E-state index in [4.69, 9.17) is 14.7 Å². The molecule has 0 radical (unpaired) electrons. The van der Waals surface area contributed by atoms with Crippen molar-refractivity contribution in [3.8, 4) is 0 Å². The first kappa shape index (κ1) is 24.3. The van der Waals surface area contributed by atoms with Crippen molar-refractivity contribution in [1.82, 2.24) is 9.97 Å². The molecule has 1 aliphatic rings. The normalized spacial score (nSPS) is 13.7. The van der Waals surface area contributed by atoms with Gasteiger partial charge in [0.15, 0.2) is 11.6 Å². The van der Waals surface area contributed by atoms with Crippen LogP contribution >= 0.6 is 11.3 Å². The van der Waals surface area contributed by atoms with E-state index < -0.39 is 11.6 Å². The van der Waals surface area contributed by atoms with Crippen LogP contribution in [0.2, 0.25) is 0 Å². The van der Waals surface area contributed by atoms with Crippen molar-refractivity contribution < 1.29 is 18.3 Å². The highest BCUT2D eigenvalue weighted by Gasteiger charge is 2.21. The van der Waals surface area contributed by atoms with Crippen LogP contribution in [0, 0.1) is 11.6 Å². The standard InChI is InChI=1S/C26H29F2N3O2S/c1-2-33-25(32)15-19(18-9-11-22(27)23(28)14-18)13-21-16-34-24(30-21)7-3-6-20-10-8-17-5-4-12-29-26(17)31-20/h8-11,14,16,19H,2-7,12-13,15H2,1H3,(H,29,31). The summed E-state index contributed by atoms with van der Waals surface area (Å²) in [6.45, 7) is 3.00. The molecule has 0 fully saturated rings. The number of anilines is 1. The number of hydrogen-bond acceptors (Lipinski definition) is 6. The van der Waals surface area contributed by atoms with Gasteiger partial charge in [-0.3, -0.25) is 4.79 Å². The van der Waals surface area contributed by atoms with Crippen LogP contribution in [0.4, 0.5) is 14.6 Å². The molecule has 0 amide bonds. The number of thiazole rings is 1. The Morgan fingerprint density at radius 1 is 1.15 bits per heavy atom. The van der Waals surface area contributed by atoms with Gasteiger partial charge in [-0.25, -0.2) is 18.7 Å². The topological polar surface area (TPSA) is 64.1 Å². The number of carbonyl (C=O) groups is 1. The van der Waals surface area contributed by atoms with Crippen LogP contribution in [0.1, 0.15) is 59.6 Å². The largest absolute Gasteiger partial charge is 0.466 e. The molecular weight excluding hydrogens is 456 g/mol. The lowest BCUT2D eigenvalue weighted by Gasteiger charge is -2.17. The summed E-state index contributed by atoms with van der Waals surface area (Å²) in [4.78, 5) is 21.6. The Morgan fingerprint density at radius 2 is 2.03 bits per heavy atom. The van der Waals surface area contributed by atoms with Gasteiger partial charge in [-0.1, -0.05) is 12.1 Å². The van der Waals surface area contributed by atoms with Gasteiger partial charge in [0.05, 0.1) is 23.7 Å². The SMILES string of the molecule is CCOC(=O)CC(Cc1csc(CCCc2ccc3c(n2)NCCC3)n1)c1ccc(F)c(F)c1. The molecule has 1 atom stereocenters. The van der Waals surface area contributed by atoms with Crippen LogP contribution in [-0.4, -0.2) is 29.1 Å². The van der Waals surface area contributed by atoms with Crippen LogP contribution < -0.4 is 5.32 Å². The van der Waals surface area contributed by atoms with Crippen molar-refractivity contribution in [1.29, 1.82) is 0 Å². The molecule has 0 spiro atoms. The molecule has 3 aromatic rings. The van der Waals surface area contributed by atoms with Crippen molar-refractivity contribution in [2.75, 3.05) is 18.5 Å². The van der Waals surface area contributed by atoms with Crippen LogP contribution in [0.25, 0.3) is 0 Å². The zero-order valence-corrected chi connectivity index (χ0v) is 20.1. The third-order valence-corrected chi connectivity index (χ3v) is 6.92. The Bertz CT molecular complexity index is 1130. The summed E-state index contributed by atoms with van der Waals surface area (Å²) in [6.07, 6.45) is 5.43. The number of aromatic nitrogens is 2. The third-order valence-electron chi connectivity index (χ3n) is 5.96. The predicted molar refractivity (Wildman–Crippen MR) is 129 cm³/mol. The average molecular weight is 486 g/mol. The molecule has 4 rings (SSSR count). The van der Waals surface area contributed by atoms with Crippen molar-refractivity contribution in [2.24, 2.45) is 0 Å². The van der Waals surface area contributed by atoms with Crippen LogP contribution in [-0.2, 0) is 35.2 Å². The minimum absolute atomic E-state index is 0.0871. The van der Waals surface area contributed by atoms with E-state index >= 15 is 0 Å². The number of pyridine rings is 1. The lowest BCUT2D eigenvalue weighted by molar-refractivity contribution is -0.143. The number of nitrogens with one attached hydrogen (secondary N) is 1. The first-order chi connectivity index (χ1) is 16.5. The van der Waals surface area contributed by atoms with Gasteiger partial charge in [-0.2, -0.15) is 0 Å². The lowest BCUT2D eigenvalue weighted by atomic mass is 9.91. The van der Waals surface area contributed by atoms with Gasteiger partial charge in [0.1, 0.15) is 5.82 Å². The molecule has 0 bridgehead atoms. The van der Waals surface area contributed by atoms with E-state index in [1.165, 1.54) is 11.6 Å². The third kappa shape index (κ3) is 6.38. The van der Waals surface area contributed by atoms with Crippen molar-refractivity contribution in [3.63, 3.8) is 0 Å². The smallest absolute Gasteiger partial charge is 0.306 e. The number of esters is 1. The molecule has 0 saturated heterocycles. The fourth-order valence-corrected chi connectivity index (χ4v) is 5.09. The maximum Gasteiger partial charge on any atom is 0.306 e. The molecular formula is C26H29F2N3O2S. The van der Waals surface area contributed by atoms with Crippen LogP contribution in [0.15, 0.2) is 35.7 Å². The number of carbonyl (C=O) groups excluding carboxylic acids is 1. The first-order valence-electron chi connectivity index (χ1n) is 11.8. The van der Waals surface area contributed by atoms with E-state index in [9.17, 15) is 13.6 Å². The number of nitrogens with zero attached hydrogens (tertiary/aromatic N) is 2. The summed E-state index contributed by atoms with van der Waals surface area (Å²) >= 11 is 1.59. The Labute approximate surface area is 202 Å². The van der Waals surface area contributed by atoms with Crippen molar-refractivity contribution in [3.05, 3.63) is 74.9 Å². The molecule has 3 heterocycles. The second-order valence-corrected chi connectivity index (χ2v) is 9.45. The van der Waals surface area contributed by atoms with Gasteiger partial charge < -0.3 is 10.1 Å². The van der Waals surface area contributed by atoms with Gasteiger partial charge >= 0.3 is 5.97 Å². The Morgan fingerprint density at radius 3 is 2.85 bits per heavy atom. The van der Waals surface area contributed by atoms with Gasteiger partial charge in [0.2, 0.25) is 0 Å². The summed E-state index contributed by atoms with van der Waals surface area (Å²) in [5, 5.41) is 6.38. The van der Waals surface area contributed by atoms with E-state index in [0.29, 0.717) is 12.0 Å². The molecule has 8 heteroatoms. The fraction of sp³-hybridized carbons (Fsp3) is 0.423. The monoisotopic (exact) mass is 485 g/mol. The van der Waals surface area contributed by atoms with Crippen molar-refractivity contribution in [2.45, 2.75) is 57.8 Å². The summed E-state index contributed by atoms with van der Waals surface area (Å²) in [7, 11) is 0. The number of fused-ring (bicyclic) bond motifs is 1. The molecule has 1 aliphatic heterocycles. The van der Waals surface area contributed by atoms with E-state index in [1.54, 1.807) is 18.3 Å². The van der Waals surface area contributed by atoms with Crippen LogP contribution in [0.5, 0.6) is 0 Å². The molecule has 0 aliphatic carbocycles. The molecule has 34 heavy (non-hydrogen) atoms. The van der Waals surface area contributed by atoms with E-state index in [0.717, 1.165) is 73.0 Å². The second kappa shape index (κ2) is 11.5. The summed E-state index contributed by atoms with van der Waals surface area (Å²) < 4.78 is 32.3. The highest BCUT2D eigenvalue weighted by molar-refractivity contribution is 7.09. The molecule has 1 unspecified atom stereocenters. The van der Waals surface area contributed by atoms with Gasteiger partial charge in [0.25, 0.3) is 0 Å². The van der Waals surface area contributed by atoms with E-state index in [-0.39, 0.29) is 24.9 Å². The van der Waals surface area contributed by atoms with E-state index in [2.05, 4.69) is 17.4 Å². The number of aryl methyl sites for hydroxylation is 3. The highest BCUT2D eigenvalue weighted by atomic mass is 32.1. The number of ether oxygens (including phenoxy) is 1. The Balaban J connectivity index is 1.37. The van der Waals surface area contributed by atoms with Gasteiger partial charge in [-0.15, -0.1) is 11.3 Å².